The van der Waals surface area contributed by atoms with Crippen molar-refractivity contribution in [1.29, 1.82) is 0 Å². The van der Waals surface area contributed by atoms with Gasteiger partial charge in [-0.15, -0.1) is 0 Å². The highest BCUT2D eigenvalue weighted by Crippen LogP contribution is 2.28. The maximum Gasteiger partial charge on any atom is 0.433 e. The van der Waals surface area contributed by atoms with Gasteiger partial charge in [0.25, 0.3) is 5.91 Å². The number of alkyl halides is 3. The fourth-order valence-corrected chi connectivity index (χ4v) is 1.34. The van der Waals surface area contributed by atoms with E-state index in [-0.39, 0.29) is 5.69 Å². The first-order valence-electron chi connectivity index (χ1n) is 3.36. The molecule has 0 atom stereocenters. The molecule has 0 saturated heterocycles. The topological polar surface area (TPSA) is 56.0 Å². The predicted molar refractivity (Wildman–Crippen MR) is 50.5 cm³/mol. The number of pyridine rings is 1. The van der Waals surface area contributed by atoms with Gasteiger partial charge >= 0.3 is 6.18 Å². The summed E-state index contributed by atoms with van der Waals surface area (Å²) in [4.78, 5) is 13.8. The molecular formula is C7H4F3IN2O. The van der Waals surface area contributed by atoms with Crippen molar-refractivity contribution in [2.24, 2.45) is 5.73 Å². The average Bonchev–Trinajstić information content (AvgIpc) is 2.02. The highest BCUT2D eigenvalue weighted by atomic mass is 127. The molecule has 1 heterocycles. The molecule has 1 amide bonds. The van der Waals surface area contributed by atoms with Gasteiger partial charge in [0, 0.05) is 3.57 Å². The van der Waals surface area contributed by atoms with E-state index in [4.69, 9.17) is 5.73 Å². The van der Waals surface area contributed by atoms with Gasteiger partial charge in [-0.05, 0) is 34.7 Å². The molecule has 0 spiro atoms. The largest absolute Gasteiger partial charge is 0.433 e. The third kappa shape index (κ3) is 2.34. The summed E-state index contributed by atoms with van der Waals surface area (Å²) < 4.78 is 36.7. The smallest absolute Gasteiger partial charge is 0.364 e. The number of primary amides is 1. The van der Waals surface area contributed by atoms with Crippen molar-refractivity contribution in [3.8, 4) is 0 Å². The number of aromatic nitrogens is 1. The standard InChI is InChI=1S/C7H4F3IN2O/c8-7(9,10)4-2-1-3(11)5(13-4)6(12)14/h1-2H,(H2,12,14). The molecule has 0 saturated carbocycles. The third-order valence-corrected chi connectivity index (χ3v) is 2.24. The molecule has 0 aliphatic heterocycles. The van der Waals surface area contributed by atoms with E-state index in [2.05, 4.69) is 4.98 Å². The minimum atomic E-state index is -4.56. The van der Waals surface area contributed by atoms with Gasteiger partial charge in [0.05, 0.1) is 0 Å². The molecule has 1 rings (SSSR count). The highest BCUT2D eigenvalue weighted by molar-refractivity contribution is 14.1. The normalized spacial score (nSPS) is 11.4. The van der Waals surface area contributed by atoms with Gasteiger partial charge in [-0.2, -0.15) is 13.2 Å². The van der Waals surface area contributed by atoms with Gasteiger partial charge in [-0.25, -0.2) is 4.98 Å². The van der Waals surface area contributed by atoms with Gasteiger partial charge in [0.2, 0.25) is 0 Å². The first kappa shape index (κ1) is 11.2. The molecule has 1 aromatic rings. The van der Waals surface area contributed by atoms with Crippen LogP contribution in [0.5, 0.6) is 0 Å². The quantitative estimate of drug-likeness (QED) is 0.803. The Morgan fingerprint density at radius 2 is 2.00 bits per heavy atom. The van der Waals surface area contributed by atoms with Crippen LogP contribution in [0, 0.1) is 3.57 Å². The van der Waals surface area contributed by atoms with Crippen molar-refractivity contribution in [2.45, 2.75) is 6.18 Å². The van der Waals surface area contributed by atoms with E-state index in [1.54, 1.807) is 22.6 Å². The molecule has 0 unspecified atom stereocenters. The van der Waals surface area contributed by atoms with E-state index in [0.29, 0.717) is 3.57 Å². The lowest BCUT2D eigenvalue weighted by Crippen LogP contribution is -2.18. The van der Waals surface area contributed by atoms with E-state index in [1.807, 2.05) is 0 Å². The summed E-state index contributed by atoms with van der Waals surface area (Å²) in [5.41, 5.74) is 3.37. The summed E-state index contributed by atoms with van der Waals surface area (Å²) in [6, 6.07) is 1.95. The number of amides is 1. The number of hydrogen-bond acceptors (Lipinski definition) is 2. The maximum atomic E-state index is 12.1. The van der Waals surface area contributed by atoms with E-state index in [0.717, 1.165) is 12.1 Å². The number of carbonyl (C=O) groups excluding carboxylic acids is 1. The van der Waals surface area contributed by atoms with Crippen molar-refractivity contribution < 1.29 is 18.0 Å². The zero-order valence-corrected chi connectivity index (χ0v) is 8.76. The molecule has 0 fully saturated rings. The fraction of sp³-hybridized carbons (Fsp3) is 0.143. The number of hydrogen-bond donors (Lipinski definition) is 1. The summed E-state index contributed by atoms with van der Waals surface area (Å²) in [6.07, 6.45) is -4.56. The SMILES string of the molecule is NC(=O)c1nc(C(F)(F)F)ccc1I. The van der Waals surface area contributed by atoms with Crippen LogP contribution in [-0.4, -0.2) is 10.9 Å². The predicted octanol–water partition coefficient (Wildman–Crippen LogP) is 1.80. The molecule has 0 aliphatic rings. The average molecular weight is 316 g/mol. The first-order valence-corrected chi connectivity index (χ1v) is 4.44. The van der Waals surface area contributed by atoms with Crippen LogP contribution in [0.1, 0.15) is 16.2 Å². The second-order valence-corrected chi connectivity index (χ2v) is 3.55. The third-order valence-electron chi connectivity index (χ3n) is 1.37. The van der Waals surface area contributed by atoms with Crippen LogP contribution in [0.25, 0.3) is 0 Å². The zero-order chi connectivity index (χ0) is 10.9. The van der Waals surface area contributed by atoms with Crippen LogP contribution in [0.4, 0.5) is 13.2 Å². The molecule has 3 nitrogen and oxygen atoms in total. The lowest BCUT2D eigenvalue weighted by atomic mass is 10.3. The Morgan fingerprint density at radius 1 is 1.43 bits per heavy atom. The van der Waals surface area contributed by atoms with Gasteiger partial charge in [0.15, 0.2) is 0 Å². The molecule has 14 heavy (non-hydrogen) atoms. The van der Waals surface area contributed by atoms with Crippen LogP contribution in [-0.2, 0) is 6.18 Å². The molecular weight excluding hydrogens is 312 g/mol. The first-order chi connectivity index (χ1) is 6.32. The number of carbonyl (C=O) groups is 1. The second kappa shape index (κ2) is 3.71. The number of nitrogens with zero attached hydrogens (tertiary/aromatic N) is 1. The summed E-state index contributed by atoms with van der Waals surface area (Å²) in [6.45, 7) is 0. The summed E-state index contributed by atoms with van der Waals surface area (Å²) >= 11 is 1.69. The van der Waals surface area contributed by atoms with Crippen LogP contribution in [0.3, 0.4) is 0 Å². The minimum absolute atomic E-state index is 0.295. The zero-order valence-electron chi connectivity index (χ0n) is 6.60. The van der Waals surface area contributed by atoms with Crippen molar-refractivity contribution in [3.05, 3.63) is 27.1 Å². The Labute approximate surface area is 90.6 Å². The molecule has 7 heteroatoms. The molecule has 0 aromatic carbocycles. The monoisotopic (exact) mass is 316 g/mol. The van der Waals surface area contributed by atoms with E-state index in [1.165, 1.54) is 0 Å². The van der Waals surface area contributed by atoms with Crippen molar-refractivity contribution in [3.63, 3.8) is 0 Å². The number of rotatable bonds is 1. The molecule has 0 bridgehead atoms. The Balaban J connectivity index is 3.27. The van der Waals surface area contributed by atoms with Gasteiger partial charge < -0.3 is 5.73 Å². The minimum Gasteiger partial charge on any atom is -0.364 e. The van der Waals surface area contributed by atoms with E-state index >= 15 is 0 Å². The Bertz CT molecular complexity index is 378. The molecule has 0 aliphatic carbocycles. The lowest BCUT2D eigenvalue weighted by Gasteiger charge is -2.07. The number of halogens is 4. The van der Waals surface area contributed by atoms with Crippen LogP contribution < -0.4 is 5.73 Å². The van der Waals surface area contributed by atoms with Crippen molar-refractivity contribution in [1.82, 2.24) is 4.98 Å². The van der Waals surface area contributed by atoms with Crippen LogP contribution in [0.2, 0.25) is 0 Å². The van der Waals surface area contributed by atoms with Gasteiger partial charge in [-0.1, -0.05) is 0 Å². The van der Waals surface area contributed by atoms with Gasteiger partial charge in [-0.3, -0.25) is 4.79 Å². The maximum absolute atomic E-state index is 12.1. The van der Waals surface area contributed by atoms with Crippen molar-refractivity contribution >= 4 is 28.5 Å². The van der Waals surface area contributed by atoms with Crippen LogP contribution in [0.15, 0.2) is 12.1 Å². The van der Waals surface area contributed by atoms with Crippen LogP contribution >= 0.6 is 22.6 Å². The Hall–Kier alpha value is -0.860. The molecule has 0 radical (unpaired) electrons. The Kier molecular flexibility index (Phi) is 2.98. The summed E-state index contributed by atoms with van der Waals surface area (Å²) in [7, 11) is 0. The number of nitrogens with two attached hydrogens (primary N) is 1. The second-order valence-electron chi connectivity index (χ2n) is 2.39. The van der Waals surface area contributed by atoms with Gasteiger partial charge in [0.1, 0.15) is 11.4 Å². The molecule has 2 N–H and O–H groups in total. The molecule has 1 aromatic heterocycles. The lowest BCUT2D eigenvalue weighted by molar-refractivity contribution is -0.141. The fourth-order valence-electron chi connectivity index (χ4n) is 0.773. The van der Waals surface area contributed by atoms with E-state index < -0.39 is 17.8 Å². The Morgan fingerprint density at radius 3 is 2.43 bits per heavy atom. The molecule has 76 valence electrons. The summed E-state index contributed by atoms with van der Waals surface area (Å²) in [5.74, 6) is -0.972. The summed E-state index contributed by atoms with van der Waals surface area (Å²) in [5, 5.41) is 0. The highest BCUT2D eigenvalue weighted by Gasteiger charge is 2.33. The van der Waals surface area contributed by atoms with Crippen molar-refractivity contribution in [2.75, 3.05) is 0 Å². The van der Waals surface area contributed by atoms with E-state index in [9.17, 15) is 18.0 Å².